The minimum absolute atomic E-state index is 0.743. The van der Waals surface area contributed by atoms with Gasteiger partial charge in [0.05, 0.1) is 18.0 Å². The topological polar surface area (TPSA) is 41.6 Å². The second-order valence-corrected chi connectivity index (χ2v) is 6.66. The van der Waals surface area contributed by atoms with Crippen molar-refractivity contribution in [2.75, 3.05) is 0 Å². The van der Waals surface area contributed by atoms with E-state index in [-0.39, 0.29) is 0 Å². The van der Waals surface area contributed by atoms with Crippen LogP contribution >= 0.6 is 0 Å². The van der Waals surface area contributed by atoms with Crippen molar-refractivity contribution in [1.82, 2.24) is 9.55 Å². The van der Waals surface area contributed by atoms with Gasteiger partial charge in [-0.3, -0.25) is 0 Å². The molecule has 1 aromatic heterocycles. The van der Waals surface area contributed by atoms with E-state index in [9.17, 15) is 5.26 Å². The molecule has 0 unspecified atom stereocenters. The van der Waals surface area contributed by atoms with Crippen molar-refractivity contribution in [3.05, 3.63) is 72.3 Å². The van der Waals surface area contributed by atoms with Crippen LogP contribution in [0.15, 0.2) is 61.2 Å². The molecule has 0 bridgehead atoms. The van der Waals surface area contributed by atoms with Gasteiger partial charge in [0.15, 0.2) is 0 Å². The van der Waals surface area contributed by atoms with Crippen molar-refractivity contribution >= 4 is 0 Å². The van der Waals surface area contributed by atoms with Gasteiger partial charge < -0.3 is 4.57 Å². The molecular formula is C23H25N3. The minimum atomic E-state index is 0.743. The lowest BCUT2D eigenvalue weighted by atomic mass is 9.94. The molecule has 0 aliphatic carbocycles. The Morgan fingerprint density at radius 3 is 2.50 bits per heavy atom. The van der Waals surface area contributed by atoms with Crippen LogP contribution < -0.4 is 0 Å². The third-order valence-electron chi connectivity index (χ3n) is 4.76. The Hall–Kier alpha value is -2.86. The number of nitriles is 1. The molecular weight excluding hydrogens is 318 g/mol. The van der Waals surface area contributed by atoms with Gasteiger partial charge in [0.25, 0.3) is 0 Å². The van der Waals surface area contributed by atoms with Gasteiger partial charge in [-0.15, -0.1) is 0 Å². The molecule has 26 heavy (non-hydrogen) atoms. The molecule has 132 valence electrons. The van der Waals surface area contributed by atoms with Gasteiger partial charge in [0.1, 0.15) is 0 Å². The summed E-state index contributed by atoms with van der Waals surface area (Å²) < 4.78 is 2.00. The van der Waals surface area contributed by atoms with Crippen LogP contribution in [0.2, 0.25) is 0 Å². The molecule has 3 rings (SSSR count). The van der Waals surface area contributed by atoms with Crippen LogP contribution in [0.25, 0.3) is 16.8 Å². The number of hydrogen-bond donors (Lipinski definition) is 0. The van der Waals surface area contributed by atoms with Gasteiger partial charge in [-0.2, -0.15) is 5.26 Å². The first-order valence-corrected chi connectivity index (χ1v) is 9.43. The Labute approximate surface area is 155 Å². The zero-order valence-electron chi connectivity index (χ0n) is 15.4. The fraction of sp³-hybridized carbons (Fsp3) is 0.304. The molecule has 0 amide bonds. The van der Waals surface area contributed by atoms with Crippen LogP contribution in [0.5, 0.6) is 0 Å². The summed E-state index contributed by atoms with van der Waals surface area (Å²) in [5, 5.41) is 9.25. The Morgan fingerprint density at radius 1 is 1.00 bits per heavy atom. The van der Waals surface area contributed by atoms with Gasteiger partial charge in [0.2, 0.25) is 0 Å². The maximum atomic E-state index is 9.25. The summed E-state index contributed by atoms with van der Waals surface area (Å²) in [6.07, 6.45) is 12.8. The number of aryl methyl sites for hydroxylation is 1. The Balaban J connectivity index is 1.80. The Kier molecular flexibility index (Phi) is 6.22. The Bertz CT molecular complexity index is 855. The van der Waals surface area contributed by atoms with Gasteiger partial charge >= 0.3 is 0 Å². The number of imidazole rings is 1. The van der Waals surface area contributed by atoms with E-state index in [1.165, 1.54) is 48.8 Å². The quantitative estimate of drug-likeness (QED) is 0.476. The van der Waals surface area contributed by atoms with E-state index in [2.05, 4.69) is 54.4 Å². The van der Waals surface area contributed by atoms with Crippen LogP contribution in [0.4, 0.5) is 0 Å². The summed E-state index contributed by atoms with van der Waals surface area (Å²) in [6, 6.07) is 16.9. The molecule has 3 aromatic rings. The number of aromatic nitrogens is 2. The average molecular weight is 343 g/mol. The van der Waals surface area contributed by atoms with Gasteiger partial charge in [-0.1, -0.05) is 50.8 Å². The Morgan fingerprint density at radius 2 is 1.81 bits per heavy atom. The lowest BCUT2D eigenvalue weighted by molar-refractivity contribution is 0.632. The van der Waals surface area contributed by atoms with Crippen LogP contribution in [0, 0.1) is 11.3 Å². The summed E-state index contributed by atoms with van der Waals surface area (Å²) in [5.74, 6) is 0. The first-order valence-electron chi connectivity index (χ1n) is 9.43. The van der Waals surface area contributed by atoms with Crippen molar-refractivity contribution in [2.24, 2.45) is 0 Å². The molecule has 0 saturated heterocycles. The molecule has 0 aliphatic rings. The van der Waals surface area contributed by atoms with Crippen molar-refractivity contribution in [1.29, 1.82) is 5.26 Å². The highest BCUT2D eigenvalue weighted by atomic mass is 15.0. The minimum Gasteiger partial charge on any atom is -0.306 e. The molecule has 1 heterocycles. The highest BCUT2D eigenvalue weighted by Crippen LogP contribution is 2.27. The molecule has 0 fully saturated rings. The van der Waals surface area contributed by atoms with Crippen molar-refractivity contribution in [3.8, 4) is 22.9 Å². The molecule has 3 nitrogen and oxygen atoms in total. The summed E-state index contributed by atoms with van der Waals surface area (Å²) in [7, 11) is 0. The van der Waals surface area contributed by atoms with E-state index in [4.69, 9.17) is 0 Å². The largest absolute Gasteiger partial charge is 0.306 e. The fourth-order valence-electron chi connectivity index (χ4n) is 3.30. The second-order valence-electron chi connectivity index (χ2n) is 6.66. The number of hydrogen-bond acceptors (Lipinski definition) is 2. The van der Waals surface area contributed by atoms with E-state index in [0.717, 1.165) is 17.7 Å². The van der Waals surface area contributed by atoms with Gasteiger partial charge in [-0.25, -0.2) is 4.98 Å². The lowest BCUT2D eigenvalue weighted by Gasteiger charge is -2.12. The average Bonchev–Trinajstić information content (AvgIpc) is 3.23. The van der Waals surface area contributed by atoms with E-state index in [0.29, 0.717) is 0 Å². The van der Waals surface area contributed by atoms with Crippen LogP contribution in [-0.2, 0) is 6.42 Å². The van der Waals surface area contributed by atoms with Gasteiger partial charge in [-0.05, 0) is 53.8 Å². The zero-order valence-corrected chi connectivity index (χ0v) is 15.4. The third kappa shape index (κ3) is 4.40. The number of benzene rings is 2. The van der Waals surface area contributed by atoms with Gasteiger partial charge in [0, 0.05) is 18.1 Å². The highest BCUT2D eigenvalue weighted by Gasteiger charge is 2.07. The predicted molar refractivity (Wildman–Crippen MR) is 106 cm³/mol. The zero-order chi connectivity index (χ0) is 18.2. The summed E-state index contributed by atoms with van der Waals surface area (Å²) in [5.41, 5.74) is 5.54. The smallest absolute Gasteiger partial charge is 0.0991 e. The lowest BCUT2D eigenvalue weighted by Crippen LogP contribution is -1.94. The SMILES string of the molecule is CCCCCCCc1cc(C#N)ccc1-c1ccc(-n2ccnc2)cc1. The van der Waals surface area contributed by atoms with E-state index in [1.807, 2.05) is 16.8 Å². The molecule has 2 aromatic carbocycles. The molecule has 0 spiro atoms. The number of rotatable bonds is 8. The summed E-state index contributed by atoms with van der Waals surface area (Å²) >= 11 is 0. The molecule has 0 aliphatic heterocycles. The second kappa shape index (κ2) is 9.01. The van der Waals surface area contributed by atoms with Crippen molar-refractivity contribution < 1.29 is 0 Å². The van der Waals surface area contributed by atoms with Crippen LogP contribution in [0.1, 0.15) is 50.2 Å². The van der Waals surface area contributed by atoms with E-state index in [1.54, 1.807) is 12.5 Å². The summed E-state index contributed by atoms with van der Waals surface area (Å²) in [6.45, 7) is 2.24. The maximum Gasteiger partial charge on any atom is 0.0991 e. The normalized spacial score (nSPS) is 10.6. The third-order valence-corrected chi connectivity index (χ3v) is 4.76. The number of nitrogens with zero attached hydrogens (tertiary/aromatic N) is 3. The van der Waals surface area contributed by atoms with Crippen molar-refractivity contribution in [2.45, 2.75) is 45.4 Å². The predicted octanol–water partition coefficient (Wildman–Crippen LogP) is 5.92. The molecule has 3 heteroatoms. The van der Waals surface area contributed by atoms with E-state index < -0.39 is 0 Å². The van der Waals surface area contributed by atoms with Crippen LogP contribution in [0.3, 0.4) is 0 Å². The standard InChI is InChI=1S/C23H25N3/c1-2-3-4-5-6-7-21-16-19(17-24)8-13-23(21)20-9-11-22(12-10-20)26-15-14-25-18-26/h8-16,18H,2-7H2,1H3. The highest BCUT2D eigenvalue weighted by molar-refractivity contribution is 5.69. The van der Waals surface area contributed by atoms with E-state index >= 15 is 0 Å². The maximum absolute atomic E-state index is 9.25. The molecule has 0 radical (unpaired) electrons. The molecule has 0 atom stereocenters. The molecule has 0 N–H and O–H groups in total. The number of unbranched alkanes of at least 4 members (excludes halogenated alkanes) is 4. The van der Waals surface area contributed by atoms with Crippen molar-refractivity contribution in [3.63, 3.8) is 0 Å². The van der Waals surface area contributed by atoms with Crippen LogP contribution in [-0.4, -0.2) is 9.55 Å². The fourth-order valence-corrected chi connectivity index (χ4v) is 3.30. The molecule has 0 saturated carbocycles. The summed E-state index contributed by atoms with van der Waals surface area (Å²) in [4.78, 5) is 4.10. The monoisotopic (exact) mass is 343 g/mol. The first kappa shape index (κ1) is 17.9. The first-order chi connectivity index (χ1) is 12.8.